The summed E-state index contributed by atoms with van der Waals surface area (Å²) in [5.41, 5.74) is 2.01. The standard InChI is InChI=1S/C20H20ClFO3/c1-4-14(13(3)20-17(23)8-9-18(20)24)6-5-12(2)25-19-10-7-15(21)11-16(19)22/h5-7,10-11,23H,2,4,8-9H2,1,3H3/b6-5-,14-13+. The Hall–Kier alpha value is -2.33. The van der Waals surface area contributed by atoms with Gasteiger partial charge in [-0.3, -0.25) is 4.79 Å². The highest BCUT2D eigenvalue weighted by Gasteiger charge is 2.24. The number of Topliss-reactive ketones (excluding diaryl/α,β-unsaturated/α-hetero) is 1. The second kappa shape index (κ2) is 8.17. The summed E-state index contributed by atoms with van der Waals surface area (Å²) in [7, 11) is 0. The smallest absolute Gasteiger partial charge is 0.167 e. The molecule has 0 saturated heterocycles. The Bertz CT molecular complexity index is 803. The minimum Gasteiger partial charge on any atom is -0.512 e. The fourth-order valence-corrected chi connectivity index (χ4v) is 2.82. The largest absolute Gasteiger partial charge is 0.512 e. The van der Waals surface area contributed by atoms with Gasteiger partial charge in [0.1, 0.15) is 11.5 Å². The van der Waals surface area contributed by atoms with E-state index < -0.39 is 5.82 Å². The molecule has 1 aliphatic carbocycles. The van der Waals surface area contributed by atoms with Crippen LogP contribution in [0.5, 0.6) is 5.75 Å². The molecule has 1 aliphatic rings. The maximum Gasteiger partial charge on any atom is 0.167 e. The van der Waals surface area contributed by atoms with Crippen LogP contribution >= 0.6 is 11.6 Å². The summed E-state index contributed by atoms with van der Waals surface area (Å²) in [5, 5.41) is 10.2. The number of halogens is 2. The Kier molecular flexibility index (Phi) is 6.21. The van der Waals surface area contributed by atoms with E-state index in [9.17, 15) is 14.3 Å². The summed E-state index contributed by atoms with van der Waals surface area (Å²) < 4.78 is 19.1. The molecule has 0 spiro atoms. The van der Waals surface area contributed by atoms with Gasteiger partial charge in [0.2, 0.25) is 0 Å². The monoisotopic (exact) mass is 362 g/mol. The first-order chi connectivity index (χ1) is 11.8. The molecule has 132 valence electrons. The van der Waals surface area contributed by atoms with Crippen molar-refractivity contribution in [3.8, 4) is 5.75 Å². The average molecular weight is 363 g/mol. The number of carbonyl (C=O) groups excluding carboxylic acids is 1. The van der Waals surface area contributed by atoms with Crippen LogP contribution in [0.15, 0.2) is 65.2 Å². The van der Waals surface area contributed by atoms with E-state index in [1.165, 1.54) is 12.1 Å². The van der Waals surface area contributed by atoms with E-state index in [0.717, 1.165) is 17.2 Å². The van der Waals surface area contributed by atoms with E-state index in [1.54, 1.807) is 19.1 Å². The van der Waals surface area contributed by atoms with Gasteiger partial charge in [-0.2, -0.15) is 0 Å². The highest BCUT2D eigenvalue weighted by molar-refractivity contribution is 6.30. The number of benzene rings is 1. The van der Waals surface area contributed by atoms with Crippen LogP contribution in [0.1, 0.15) is 33.1 Å². The molecule has 0 saturated carbocycles. The predicted molar refractivity (Wildman–Crippen MR) is 97.2 cm³/mol. The van der Waals surface area contributed by atoms with Gasteiger partial charge in [0, 0.05) is 17.9 Å². The van der Waals surface area contributed by atoms with Gasteiger partial charge in [0.15, 0.2) is 17.3 Å². The molecule has 0 unspecified atom stereocenters. The number of aliphatic hydroxyl groups is 1. The van der Waals surface area contributed by atoms with Crippen LogP contribution in [0.2, 0.25) is 5.02 Å². The lowest BCUT2D eigenvalue weighted by Gasteiger charge is -2.09. The molecule has 0 bridgehead atoms. The normalized spacial score (nSPS) is 15.8. The summed E-state index contributed by atoms with van der Waals surface area (Å²) >= 11 is 5.71. The van der Waals surface area contributed by atoms with Crippen LogP contribution in [-0.2, 0) is 4.79 Å². The van der Waals surface area contributed by atoms with Crippen LogP contribution < -0.4 is 4.74 Å². The van der Waals surface area contributed by atoms with Gasteiger partial charge in [0.25, 0.3) is 0 Å². The van der Waals surface area contributed by atoms with Crippen molar-refractivity contribution in [2.24, 2.45) is 0 Å². The minimum absolute atomic E-state index is 0.0316. The Morgan fingerprint density at radius 1 is 1.40 bits per heavy atom. The fraction of sp³-hybridized carbons (Fsp3) is 0.250. The van der Waals surface area contributed by atoms with Crippen LogP contribution in [0, 0.1) is 5.82 Å². The van der Waals surface area contributed by atoms with Gasteiger partial charge in [-0.1, -0.05) is 31.2 Å². The van der Waals surface area contributed by atoms with E-state index in [1.807, 2.05) is 6.92 Å². The number of hydrogen-bond acceptors (Lipinski definition) is 3. The first-order valence-electron chi connectivity index (χ1n) is 7.98. The van der Waals surface area contributed by atoms with E-state index in [4.69, 9.17) is 16.3 Å². The molecule has 1 aromatic carbocycles. The van der Waals surface area contributed by atoms with Crippen molar-refractivity contribution in [1.82, 2.24) is 0 Å². The van der Waals surface area contributed by atoms with Crippen LogP contribution in [0.4, 0.5) is 4.39 Å². The highest BCUT2D eigenvalue weighted by atomic mass is 35.5. The quantitative estimate of drug-likeness (QED) is 0.511. The van der Waals surface area contributed by atoms with Crippen LogP contribution in [0.3, 0.4) is 0 Å². The first kappa shape index (κ1) is 19.0. The lowest BCUT2D eigenvalue weighted by molar-refractivity contribution is -0.114. The third-order valence-corrected chi connectivity index (χ3v) is 4.23. The summed E-state index contributed by atoms with van der Waals surface area (Å²) in [4.78, 5) is 11.9. The number of ether oxygens (including phenoxy) is 1. The lowest BCUT2D eigenvalue weighted by Crippen LogP contribution is -2.01. The molecule has 3 nitrogen and oxygen atoms in total. The summed E-state index contributed by atoms with van der Waals surface area (Å²) in [6.07, 6.45) is 4.75. The molecule has 0 heterocycles. The zero-order valence-electron chi connectivity index (χ0n) is 14.2. The Balaban J connectivity index is 2.17. The summed E-state index contributed by atoms with van der Waals surface area (Å²) in [5.74, 6) is -0.205. The predicted octanol–water partition coefficient (Wildman–Crippen LogP) is 5.83. The second-order valence-electron chi connectivity index (χ2n) is 5.73. The number of rotatable bonds is 6. The van der Waals surface area contributed by atoms with Crippen molar-refractivity contribution in [2.45, 2.75) is 33.1 Å². The molecule has 0 aliphatic heterocycles. The van der Waals surface area contributed by atoms with Crippen molar-refractivity contribution in [2.75, 3.05) is 0 Å². The Labute approximate surface area is 151 Å². The Morgan fingerprint density at radius 2 is 2.12 bits per heavy atom. The van der Waals surface area contributed by atoms with E-state index in [0.29, 0.717) is 24.8 Å². The average Bonchev–Trinajstić information content (AvgIpc) is 2.89. The zero-order chi connectivity index (χ0) is 18.6. The third-order valence-electron chi connectivity index (χ3n) is 4.00. The molecule has 25 heavy (non-hydrogen) atoms. The maximum absolute atomic E-state index is 13.7. The molecule has 1 N–H and O–H groups in total. The molecular formula is C20H20ClFO3. The molecule has 0 atom stereocenters. The number of ketones is 1. The maximum atomic E-state index is 13.7. The van der Waals surface area contributed by atoms with Crippen molar-refractivity contribution in [3.63, 3.8) is 0 Å². The molecular weight excluding hydrogens is 343 g/mol. The first-order valence-corrected chi connectivity index (χ1v) is 8.36. The third kappa shape index (κ3) is 4.60. The van der Waals surface area contributed by atoms with Gasteiger partial charge in [-0.15, -0.1) is 0 Å². The Morgan fingerprint density at radius 3 is 2.68 bits per heavy atom. The summed E-state index contributed by atoms with van der Waals surface area (Å²) in [6.45, 7) is 7.50. The highest BCUT2D eigenvalue weighted by Crippen LogP contribution is 2.30. The summed E-state index contributed by atoms with van der Waals surface area (Å²) in [6, 6.07) is 4.12. The lowest BCUT2D eigenvalue weighted by atomic mass is 9.97. The van der Waals surface area contributed by atoms with E-state index in [2.05, 4.69) is 6.58 Å². The topological polar surface area (TPSA) is 46.5 Å². The second-order valence-corrected chi connectivity index (χ2v) is 6.16. The van der Waals surface area contributed by atoms with Gasteiger partial charge in [-0.25, -0.2) is 4.39 Å². The molecule has 0 amide bonds. The van der Waals surface area contributed by atoms with E-state index in [-0.39, 0.29) is 28.1 Å². The molecule has 0 fully saturated rings. The van der Waals surface area contributed by atoms with Crippen molar-refractivity contribution in [1.29, 1.82) is 0 Å². The number of carbonyl (C=O) groups is 1. The van der Waals surface area contributed by atoms with Gasteiger partial charge in [0.05, 0.1) is 5.57 Å². The van der Waals surface area contributed by atoms with E-state index >= 15 is 0 Å². The zero-order valence-corrected chi connectivity index (χ0v) is 15.0. The van der Waals surface area contributed by atoms with Gasteiger partial charge in [-0.05, 0) is 48.8 Å². The van der Waals surface area contributed by atoms with Crippen molar-refractivity contribution in [3.05, 3.63) is 76.0 Å². The molecule has 2 rings (SSSR count). The van der Waals surface area contributed by atoms with Crippen molar-refractivity contribution < 1.29 is 19.0 Å². The number of allylic oxidation sites excluding steroid dienone is 6. The SMILES string of the molecule is C=C(/C=C\C(CC)=C(/C)C1=C(O)CCC1=O)Oc1ccc(Cl)cc1F. The van der Waals surface area contributed by atoms with Crippen molar-refractivity contribution >= 4 is 17.4 Å². The molecule has 0 radical (unpaired) electrons. The van der Waals surface area contributed by atoms with Crippen LogP contribution in [0.25, 0.3) is 0 Å². The molecule has 5 heteroatoms. The van der Waals surface area contributed by atoms with Gasteiger partial charge < -0.3 is 9.84 Å². The van der Waals surface area contributed by atoms with Crippen LogP contribution in [-0.4, -0.2) is 10.9 Å². The fourth-order valence-electron chi connectivity index (χ4n) is 2.66. The minimum atomic E-state index is -0.573. The number of hydrogen-bond donors (Lipinski definition) is 1. The molecule has 1 aromatic rings. The van der Waals surface area contributed by atoms with Gasteiger partial charge >= 0.3 is 0 Å². The molecule has 0 aromatic heterocycles. The number of aliphatic hydroxyl groups excluding tert-OH is 1.